The summed E-state index contributed by atoms with van der Waals surface area (Å²) in [5.41, 5.74) is 6.75. The maximum atomic E-state index is 12.6. The molecule has 0 spiro atoms. The molecule has 3 N–H and O–H groups in total. The number of nitrogens with two attached hydrogens (primary N) is 1. The average molecular weight is 222 g/mol. The first-order valence-electron chi connectivity index (χ1n) is 5.95. The Labute approximate surface area is 96.0 Å². The molecule has 1 fully saturated rings. The second kappa shape index (κ2) is 5.41. The van der Waals surface area contributed by atoms with E-state index in [1.54, 1.807) is 0 Å². The van der Waals surface area contributed by atoms with Gasteiger partial charge >= 0.3 is 0 Å². The Morgan fingerprint density at radius 1 is 1.25 bits per heavy atom. The molecule has 0 aliphatic heterocycles. The molecule has 2 atom stereocenters. The predicted molar refractivity (Wildman–Crippen MR) is 63.6 cm³/mol. The lowest BCUT2D eigenvalue weighted by molar-refractivity contribution is 0.599. The van der Waals surface area contributed by atoms with Crippen molar-refractivity contribution in [3.8, 4) is 0 Å². The highest BCUT2D eigenvalue weighted by Crippen LogP contribution is 2.36. The molecule has 0 amide bonds. The third-order valence-corrected chi connectivity index (χ3v) is 3.28. The second-order valence-corrected chi connectivity index (χ2v) is 4.57. The van der Waals surface area contributed by atoms with Crippen molar-refractivity contribution < 1.29 is 4.39 Å². The highest BCUT2D eigenvalue weighted by atomic mass is 19.1. The SMILES string of the molecule is NCC1CC1CNCCc1ccc(F)cc1. The average Bonchev–Trinajstić information content (AvgIpc) is 3.05. The van der Waals surface area contributed by atoms with Crippen LogP contribution < -0.4 is 11.1 Å². The first-order chi connectivity index (χ1) is 7.79. The molecule has 0 saturated heterocycles. The molecule has 1 aromatic carbocycles. The van der Waals surface area contributed by atoms with Gasteiger partial charge in [-0.2, -0.15) is 0 Å². The van der Waals surface area contributed by atoms with E-state index in [4.69, 9.17) is 5.73 Å². The minimum atomic E-state index is -0.166. The topological polar surface area (TPSA) is 38.0 Å². The van der Waals surface area contributed by atoms with Crippen molar-refractivity contribution in [1.29, 1.82) is 0 Å². The summed E-state index contributed by atoms with van der Waals surface area (Å²) in [6.45, 7) is 2.85. The molecule has 88 valence electrons. The maximum absolute atomic E-state index is 12.6. The molecule has 1 aliphatic rings. The van der Waals surface area contributed by atoms with Crippen molar-refractivity contribution >= 4 is 0 Å². The molecular formula is C13H19FN2. The van der Waals surface area contributed by atoms with E-state index in [0.717, 1.165) is 37.9 Å². The summed E-state index contributed by atoms with van der Waals surface area (Å²) in [4.78, 5) is 0. The fourth-order valence-corrected chi connectivity index (χ4v) is 2.02. The normalized spacial score (nSPS) is 23.4. The van der Waals surface area contributed by atoms with E-state index in [1.165, 1.54) is 24.1 Å². The number of hydrogen-bond acceptors (Lipinski definition) is 2. The summed E-state index contributed by atoms with van der Waals surface area (Å²) in [5.74, 6) is 1.37. The number of nitrogens with one attached hydrogen (secondary N) is 1. The molecule has 0 bridgehead atoms. The monoisotopic (exact) mass is 222 g/mol. The molecule has 2 unspecified atom stereocenters. The summed E-state index contributed by atoms with van der Waals surface area (Å²) in [6.07, 6.45) is 2.24. The van der Waals surface area contributed by atoms with Gasteiger partial charge in [-0.15, -0.1) is 0 Å². The van der Waals surface area contributed by atoms with E-state index in [2.05, 4.69) is 5.32 Å². The smallest absolute Gasteiger partial charge is 0.123 e. The van der Waals surface area contributed by atoms with Gasteiger partial charge in [-0.3, -0.25) is 0 Å². The first-order valence-corrected chi connectivity index (χ1v) is 5.95. The Bertz CT molecular complexity index is 323. The van der Waals surface area contributed by atoms with Crippen molar-refractivity contribution in [2.24, 2.45) is 17.6 Å². The lowest BCUT2D eigenvalue weighted by atomic mass is 10.1. The minimum Gasteiger partial charge on any atom is -0.330 e. The lowest BCUT2D eigenvalue weighted by Crippen LogP contribution is -2.21. The van der Waals surface area contributed by atoms with Crippen LogP contribution in [0.15, 0.2) is 24.3 Å². The molecule has 2 nitrogen and oxygen atoms in total. The minimum absolute atomic E-state index is 0.166. The van der Waals surface area contributed by atoms with Crippen molar-refractivity contribution in [3.05, 3.63) is 35.6 Å². The third kappa shape index (κ3) is 3.29. The van der Waals surface area contributed by atoms with Gasteiger partial charge in [-0.25, -0.2) is 4.39 Å². The Hall–Kier alpha value is -0.930. The molecular weight excluding hydrogens is 203 g/mol. The van der Waals surface area contributed by atoms with E-state index in [9.17, 15) is 4.39 Å². The van der Waals surface area contributed by atoms with Gasteiger partial charge in [-0.05, 0) is 62.0 Å². The zero-order valence-electron chi connectivity index (χ0n) is 9.45. The van der Waals surface area contributed by atoms with Crippen LogP contribution in [0, 0.1) is 17.7 Å². The standard InChI is InChI=1S/C13H19FN2/c14-13-3-1-10(2-4-13)5-6-16-9-12-7-11(12)8-15/h1-4,11-12,16H,5-9,15H2. The Morgan fingerprint density at radius 3 is 2.62 bits per heavy atom. The molecule has 2 rings (SSSR count). The number of benzene rings is 1. The van der Waals surface area contributed by atoms with Crippen molar-refractivity contribution in [2.75, 3.05) is 19.6 Å². The van der Waals surface area contributed by atoms with Crippen LogP contribution in [0.3, 0.4) is 0 Å². The summed E-state index contributed by atoms with van der Waals surface area (Å²) >= 11 is 0. The van der Waals surface area contributed by atoms with E-state index < -0.39 is 0 Å². The fourth-order valence-electron chi connectivity index (χ4n) is 2.02. The van der Waals surface area contributed by atoms with Crippen LogP contribution in [0.2, 0.25) is 0 Å². The number of rotatable bonds is 6. The van der Waals surface area contributed by atoms with Crippen LogP contribution in [-0.4, -0.2) is 19.6 Å². The van der Waals surface area contributed by atoms with Gasteiger partial charge in [0.05, 0.1) is 0 Å². The van der Waals surface area contributed by atoms with Gasteiger partial charge in [0.1, 0.15) is 5.82 Å². The van der Waals surface area contributed by atoms with E-state index in [1.807, 2.05) is 12.1 Å². The van der Waals surface area contributed by atoms with Crippen LogP contribution in [0.4, 0.5) is 4.39 Å². The largest absolute Gasteiger partial charge is 0.330 e. The molecule has 1 aliphatic carbocycles. The van der Waals surface area contributed by atoms with Gasteiger partial charge < -0.3 is 11.1 Å². The summed E-state index contributed by atoms with van der Waals surface area (Å²) in [6, 6.07) is 6.72. The molecule has 0 heterocycles. The number of halogens is 1. The third-order valence-electron chi connectivity index (χ3n) is 3.28. The zero-order chi connectivity index (χ0) is 11.4. The van der Waals surface area contributed by atoms with Crippen molar-refractivity contribution in [1.82, 2.24) is 5.32 Å². The molecule has 16 heavy (non-hydrogen) atoms. The van der Waals surface area contributed by atoms with E-state index >= 15 is 0 Å². The van der Waals surface area contributed by atoms with Gasteiger partial charge in [0.15, 0.2) is 0 Å². The van der Waals surface area contributed by atoms with E-state index in [0.29, 0.717) is 0 Å². The van der Waals surface area contributed by atoms with Gasteiger partial charge in [-0.1, -0.05) is 12.1 Å². The van der Waals surface area contributed by atoms with Crippen LogP contribution >= 0.6 is 0 Å². The Kier molecular flexibility index (Phi) is 3.91. The quantitative estimate of drug-likeness (QED) is 0.717. The number of hydrogen-bond donors (Lipinski definition) is 2. The zero-order valence-corrected chi connectivity index (χ0v) is 9.45. The fraction of sp³-hybridized carbons (Fsp3) is 0.538. The predicted octanol–water partition coefficient (Wildman–Crippen LogP) is 1.55. The van der Waals surface area contributed by atoms with Crippen LogP contribution in [0.5, 0.6) is 0 Å². The molecule has 3 heteroatoms. The Morgan fingerprint density at radius 2 is 2.00 bits per heavy atom. The van der Waals surface area contributed by atoms with Crippen LogP contribution in [-0.2, 0) is 6.42 Å². The maximum Gasteiger partial charge on any atom is 0.123 e. The van der Waals surface area contributed by atoms with E-state index in [-0.39, 0.29) is 5.82 Å². The molecule has 1 aromatic rings. The Balaban J connectivity index is 1.59. The lowest BCUT2D eigenvalue weighted by Gasteiger charge is -2.04. The van der Waals surface area contributed by atoms with Gasteiger partial charge in [0.25, 0.3) is 0 Å². The van der Waals surface area contributed by atoms with Crippen molar-refractivity contribution in [2.45, 2.75) is 12.8 Å². The van der Waals surface area contributed by atoms with Gasteiger partial charge in [0.2, 0.25) is 0 Å². The summed E-state index contributed by atoms with van der Waals surface area (Å²) in [7, 11) is 0. The second-order valence-electron chi connectivity index (χ2n) is 4.57. The van der Waals surface area contributed by atoms with Gasteiger partial charge in [0, 0.05) is 0 Å². The van der Waals surface area contributed by atoms with Crippen LogP contribution in [0.1, 0.15) is 12.0 Å². The van der Waals surface area contributed by atoms with Crippen molar-refractivity contribution in [3.63, 3.8) is 0 Å². The highest BCUT2D eigenvalue weighted by molar-refractivity contribution is 5.16. The molecule has 1 saturated carbocycles. The molecule has 0 aromatic heterocycles. The van der Waals surface area contributed by atoms with Crippen LogP contribution in [0.25, 0.3) is 0 Å². The molecule has 0 radical (unpaired) electrons. The first kappa shape index (κ1) is 11.6. The summed E-state index contributed by atoms with van der Waals surface area (Å²) in [5, 5.41) is 3.43. The summed E-state index contributed by atoms with van der Waals surface area (Å²) < 4.78 is 12.6. The highest BCUT2D eigenvalue weighted by Gasteiger charge is 2.34.